The minimum Gasteiger partial charge on any atom is -0.457 e. The third-order valence-corrected chi connectivity index (χ3v) is 4.61. The van der Waals surface area contributed by atoms with Crippen molar-refractivity contribution in [2.24, 2.45) is 0 Å². The highest BCUT2D eigenvalue weighted by molar-refractivity contribution is 14.1. The van der Waals surface area contributed by atoms with E-state index in [1.807, 2.05) is 36.4 Å². The van der Waals surface area contributed by atoms with Gasteiger partial charge in [0.1, 0.15) is 25.1 Å². The van der Waals surface area contributed by atoms with Crippen LogP contribution in [-0.2, 0) is 30.3 Å². The molecule has 1 aliphatic heterocycles. The highest BCUT2D eigenvalue weighted by Gasteiger charge is 2.47. The molecular formula is C16H17IO5. The van der Waals surface area contributed by atoms with Gasteiger partial charge in [-0.05, 0) is 34.2 Å². The van der Waals surface area contributed by atoms with Gasteiger partial charge < -0.3 is 18.9 Å². The second kappa shape index (κ2) is 7.08. The number of carbonyl (C=O) groups excluding carboxylic acids is 1. The third-order valence-electron chi connectivity index (χ3n) is 3.64. The highest BCUT2D eigenvalue weighted by Crippen LogP contribution is 2.35. The van der Waals surface area contributed by atoms with Crippen LogP contribution in [0.3, 0.4) is 0 Å². The summed E-state index contributed by atoms with van der Waals surface area (Å²) >= 11 is 2.22. The number of fused-ring (bicyclic) bond motifs is 1. The first-order valence-electron chi connectivity index (χ1n) is 7.08. The van der Waals surface area contributed by atoms with Crippen molar-refractivity contribution in [2.75, 3.05) is 6.79 Å². The Kier molecular flexibility index (Phi) is 5.12. The summed E-state index contributed by atoms with van der Waals surface area (Å²) in [5.41, 5.74) is 1.07. The average molecular weight is 416 g/mol. The van der Waals surface area contributed by atoms with Gasteiger partial charge in [-0.1, -0.05) is 30.3 Å². The van der Waals surface area contributed by atoms with Crippen LogP contribution in [0.4, 0.5) is 0 Å². The SMILES string of the molecule is CC(=O)O[C@H]1[C@@H]2OCO[C@@H]2C(I)=C[C@H]1OCc1ccccc1. The number of carbonyl (C=O) groups is 1. The van der Waals surface area contributed by atoms with Gasteiger partial charge in [-0.25, -0.2) is 0 Å². The van der Waals surface area contributed by atoms with Crippen molar-refractivity contribution in [3.8, 4) is 0 Å². The van der Waals surface area contributed by atoms with Gasteiger partial charge >= 0.3 is 5.97 Å². The summed E-state index contributed by atoms with van der Waals surface area (Å²) < 4.78 is 23.6. The Hall–Kier alpha value is -0.960. The lowest BCUT2D eigenvalue weighted by atomic mass is 9.96. The molecule has 0 N–H and O–H groups in total. The molecule has 1 aliphatic carbocycles. The van der Waals surface area contributed by atoms with Gasteiger partial charge in [-0.2, -0.15) is 0 Å². The zero-order valence-electron chi connectivity index (χ0n) is 12.1. The van der Waals surface area contributed by atoms with Gasteiger partial charge in [-0.15, -0.1) is 0 Å². The van der Waals surface area contributed by atoms with Gasteiger partial charge in [0.2, 0.25) is 0 Å². The molecule has 0 bridgehead atoms. The van der Waals surface area contributed by atoms with Crippen LogP contribution >= 0.6 is 22.6 Å². The number of rotatable bonds is 4. The van der Waals surface area contributed by atoms with Crippen LogP contribution < -0.4 is 0 Å². The largest absolute Gasteiger partial charge is 0.457 e. The molecule has 1 heterocycles. The Bertz CT molecular complexity index is 559. The van der Waals surface area contributed by atoms with E-state index in [1.165, 1.54) is 6.92 Å². The van der Waals surface area contributed by atoms with Crippen molar-refractivity contribution in [3.63, 3.8) is 0 Å². The Morgan fingerprint density at radius 1 is 1.32 bits per heavy atom. The number of hydrogen-bond donors (Lipinski definition) is 0. The van der Waals surface area contributed by atoms with E-state index < -0.39 is 6.10 Å². The first-order chi connectivity index (χ1) is 10.6. The van der Waals surface area contributed by atoms with E-state index in [1.54, 1.807) is 0 Å². The normalized spacial score (nSPS) is 30.5. The maximum atomic E-state index is 11.4. The second-order valence-electron chi connectivity index (χ2n) is 5.22. The molecule has 2 aliphatic rings. The zero-order valence-corrected chi connectivity index (χ0v) is 14.3. The Labute approximate surface area is 142 Å². The highest BCUT2D eigenvalue weighted by atomic mass is 127. The van der Waals surface area contributed by atoms with Crippen LogP contribution in [0.15, 0.2) is 40.0 Å². The Morgan fingerprint density at radius 3 is 2.82 bits per heavy atom. The Balaban J connectivity index is 1.75. The molecule has 4 atom stereocenters. The van der Waals surface area contributed by atoms with Crippen LogP contribution in [0.1, 0.15) is 12.5 Å². The molecule has 0 unspecified atom stereocenters. The molecule has 0 spiro atoms. The lowest BCUT2D eigenvalue weighted by molar-refractivity contribution is -0.165. The van der Waals surface area contributed by atoms with Crippen LogP contribution in [0, 0.1) is 0 Å². The molecule has 3 rings (SSSR count). The van der Waals surface area contributed by atoms with E-state index in [0.29, 0.717) is 6.61 Å². The zero-order chi connectivity index (χ0) is 15.5. The van der Waals surface area contributed by atoms with E-state index in [2.05, 4.69) is 22.6 Å². The smallest absolute Gasteiger partial charge is 0.303 e. The monoisotopic (exact) mass is 416 g/mol. The quantitative estimate of drug-likeness (QED) is 0.558. The number of ether oxygens (including phenoxy) is 4. The maximum absolute atomic E-state index is 11.4. The first kappa shape index (κ1) is 15.9. The van der Waals surface area contributed by atoms with Crippen LogP contribution in [0.2, 0.25) is 0 Å². The topological polar surface area (TPSA) is 54.0 Å². The molecule has 1 aromatic rings. The van der Waals surface area contributed by atoms with E-state index in [4.69, 9.17) is 18.9 Å². The van der Waals surface area contributed by atoms with Crippen molar-refractivity contribution in [3.05, 3.63) is 45.6 Å². The van der Waals surface area contributed by atoms with Crippen molar-refractivity contribution >= 4 is 28.6 Å². The molecule has 118 valence electrons. The average Bonchev–Trinajstić information content (AvgIpc) is 2.99. The van der Waals surface area contributed by atoms with Gasteiger partial charge in [0.25, 0.3) is 0 Å². The molecule has 1 saturated heterocycles. The minimum atomic E-state index is -0.493. The number of benzene rings is 1. The molecule has 0 aromatic heterocycles. The molecule has 0 saturated carbocycles. The summed E-state index contributed by atoms with van der Waals surface area (Å²) in [7, 11) is 0. The van der Waals surface area contributed by atoms with Crippen LogP contribution in [0.5, 0.6) is 0 Å². The fourth-order valence-corrected chi connectivity index (χ4v) is 3.53. The van der Waals surface area contributed by atoms with Crippen LogP contribution in [0.25, 0.3) is 0 Å². The fraction of sp³-hybridized carbons (Fsp3) is 0.438. The summed E-state index contributed by atoms with van der Waals surface area (Å²) in [4.78, 5) is 11.4. The summed E-state index contributed by atoms with van der Waals surface area (Å²) in [6, 6.07) is 9.88. The van der Waals surface area contributed by atoms with Crippen molar-refractivity contribution in [1.29, 1.82) is 0 Å². The van der Waals surface area contributed by atoms with E-state index in [-0.39, 0.29) is 31.1 Å². The van der Waals surface area contributed by atoms with Gasteiger partial charge in [0.15, 0.2) is 6.10 Å². The lowest BCUT2D eigenvalue weighted by Gasteiger charge is -2.34. The second-order valence-corrected chi connectivity index (χ2v) is 6.47. The van der Waals surface area contributed by atoms with E-state index in [9.17, 15) is 4.79 Å². The number of halogens is 1. The maximum Gasteiger partial charge on any atom is 0.303 e. The molecular weight excluding hydrogens is 399 g/mol. The molecule has 1 aromatic carbocycles. The van der Waals surface area contributed by atoms with Crippen molar-refractivity contribution in [1.82, 2.24) is 0 Å². The van der Waals surface area contributed by atoms with Crippen molar-refractivity contribution < 1.29 is 23.7 Å². The molecule has 1 fully saturated rings. The molecule has 22 heavy (non-hydrogen) atoms. The summed E-state index contributed by atoms with van der Waals surface area (Å²) in [6.45, 7) is 2.04. The van der Waals surface area contributed by atoms with E-state index in [0.717, 1.165) is 9.14 Å². The van der Waals surface area contributed by atoms with Gasteiger partial charge in [-0.3, -0.25) is 4.79 Å². The third kappa shape index (κ3) is 3.51. The minimum absolute atomic E-state index is 0.179. The van der Waals surface area contributed by atoms with E-state index >= 15 is 0 Å². The predicted octanol–water partition coefficient (Wildman–Crippen LogP) is 2.58. The molecule has 0 amide bonds. The summed E-state index contributed by atoms with van der Waals surface area (Å²) in [5.74, 6) is -0.349. The molecule has 5 nitrogen and oxygen atoms in total. The Morgan fingerprint density at radius 2 is 2.09 bits per heavy atom. The number of esters is 1. The van der Waals surface area contributed by atoms with Crippen LogP contribution in [-0.4, -0.2) is 37.2 Å². The van der Waals surface area contributed by atoms with Crippen molar-refractivity contribution in [2.45, 2.75) is 37.9 Å². The summed E-state index contributed by atoms with van der Waals surface area (Å²) in [5, 5.41) is 0. The standard InChI is InChI=1S/C16H17IO5/c1-10(18)22-15-13(19-8-11-5-3-2-4-6-11)7-12(17)14-16(15)21-9-20-14/h2-7,13-16H,8-9H2,1H3/t13-,14-,15-,16-/m1/s1. The molecule has 6 heteroatoms. The predicted molar refractivity (Wildman–Crippen MR) is 87.3 cm³/mol. The van der Waals surface area contributed by atoms with Gasteiger partial charge in [0, 0.05) is 10.5 Å². The summed E-state index contributed by atoms with van der Waals surface area (Å²) in [6.07, 6.45) is 0.613. The number of hydrogen-bond acceptors (Lipinski definition) is 5. The molecule has 0 radical (unpaired) electrons. The fourth-order valence-electron chi connectivity index (χ4n) is 2.65. The first-order valence-corrected chi connectivity index (χ1v) is 8.16. The van der Waals surface area contributed by atoms with Gasteiger partial charge in [0.05, 0.1) is 6.61 Å². The lowest BCUT2D eigenvalue weighted by Crippen LogP contribution is -2.49.